The van der Waals surface area contributed by atoms with Crippen LogP contribution in [0.3, 0.4) is 0 Å². The molecule has 1 amide bonds. The van der Waals surface area contributed by atoms with E-state index in [4.69, 9.17) is 14.2 Å². The molecule has 1 aliphatic heterocycles. The fourth-order valence-corrected chi connectivity index (χ4v) is 2.98. The monoisotopic (exact) mass is 379 g/mol. The van der Waals surface area contributed by atoms with Crippen molar-refractivity contribution in [2.24, 2.45) is 7.05 Å². The summed E-state index contributed by atoms with van der Waals surface area (Å²) in [6.45, 7) is 1.09. The fraction of sp³-hybridized carbons (Fsp3) is 0.238. The lowest BCUT2D eigenvalue weighted by atomic mass is 10.1. The molecule has 0 aliphatic carbocycles. The number of hydrogen-bond donors (Lipinski definition) is 0. The van der Waals surface area contributed by atoms with E-state index in [-0.39, 0.29) is 12.7 Å². The Morgan fingerprint density at radius 2 is 1.96 bits per heavy atom. The van der Waals surface area contributed by atoms with Gasteiger partial charge in [0.05, 0.1) is 0 Å². The van der Waals surface area contributed by atoms with Crippen molar-refractivity contribution in [2.45, 2.75) is 13.2 Å². The Hall–Kier alpha value is -3.48. The number of carbonyl (C=O) groups is 1. The minimum atomic E-state index is -0.0617. The van der Waals surface area contributed by atoms with Crippen molar-refractivity contribution in [2.75, 3.05) is 13.8 Å². The van der Waals surface area contributed by atoms with Gasteiger partial charge in [0.25, 0.3) is 5.91 Å². The van der Waals surface area contributed by atoms with Crippen LogP contribution >= 0.6 is 0 Å². The van der Waals surface area contributed by atoms with E-state index in [1.165, 1.54) is 0 Å². The third-order valence-corrected chi connectivity index (χ3v) is 4.59. The van der Waals surface area contributed by atoms with Crippen molar-refractivity contribution in [3.63, 3.8) is 0 Å². The largest absolute Gasteiger partial charge is 0.486 e. The maximum absolute atomic E-state index is 12.7. The Morgan fingerprint density at radius 1 is 1.18 bits per heavy atom. The number of benzene rings is 2. The Kier molecular flexibility index (Phi) is 4.89. The molecule has 28 heavy (non-hydrogen) atoms. The van der Waals surface area contributed by atoms with Gasteiger partial charge in [0.15, 0.2) is 11.5 Å². The number of imidazole rings is 1. The molecule has 4 rings (SSSR count). The number of rotatable bonds is 6. The highest BCUT2D eigenvalue weighted by Crippen LogP contribution is 2.32. The van der Waals surface area contributed by atoms with Crippen molar-refractivity contribution in [3.05, 3.63) is 71.8 Å². The molecule has 0 spiro atoms. The maximum Gasteiger partial charge on any atom is 0.253 e. The summed E-state index contributed by atoms with van der Waals surface area (Å²) in [7, 11) is 3.70. The van der Waals surface area contributed by atoms with Crippen molar-refractivity contribution >= 4 is 5.91 Å². The quantitative estimate of drug-likeness (QED) is 0.659. The third-order valence-electron chi connectivity index (χ3n) is 4.59. The summed E-state index contributed by atoms with van der Waals surface area (Å²) < 4.78 is 18.3. The number of carbonyl (C=O) groups excluding carboxylic acids is 1. The smallest absolute Gasteiger partial charge is 0.253 e. The summed E-state index contributed by atoms with van der Waals surface area (Å²) in [4.78, 5) is 18.6. The van der Waals surface area contributed by atoms with Crippen LogP contribution in [0, 0.1) is 0 Å². The lowest BCUT2D eigenvalue weighted by Gasteiger charge is -2.18. The zero-order chi connectivity index (χ0) is 19.5. The zero-order valence-electron chi connectivity index (χ0n) is 15.8. The van der Waals surface area contributed by atoms with Gasteiger partial charge in [0, 0.05) is 38.6 Å². The number of fused-ring (bicyclic) bond motifs is 1. The molecular formula is C21H21N3O4. The van der Waals surface area contributed by atoms with Crippen molar-refractivity contribution in [3.8, 4) is 17.2 Å². The van der Waals surface area contributed by atoms with Crippen molar-refractivity contribution < 1.29 is 19.0 Å². The van der Waals surface area contributed by atoms with Crippen molar-refractivity contribution in [1.29, 1.82) is 0 Å². The molecule has 3 aromatic rings. The van der Waals surface area contributed by atoms with Gasteiger partial charge in [-0.05, 0) is 42.0 Å². The highest BCUT2D eigenvalue weighted by molar-refractivity contribution is 5.94. The molecule has 144 valence electrons. The third kappa shape index (κ3) is 3.78. The van der Waals surface area contributed by atoms with Gasteiger partial charge in [-0.25, -0.2) is 4.98 Å². The van der Waals surface area contributed by atoms with Crippen molar-refractivity contribution in [1.82, 2.24) is 14.5 Å². The summed E-state index contributed by atoms with van der Waals surface area (Å²) in [6.07, 6.45) is 3.60. The number of nitrogens with zero attached hydrogens (tertiary/aromatic N) is 3. The minimum absolute atomic E-state index is 0.0617. The SMILES string of the molecule is CN(Cc1ccc2c(c1)OCO2)C(=O)c1ccc(OCc2nccn2C)cc1. The Morgan fingerprint density at radius 3 is 2.71 bits per heavy atom. The van der Waals surface area contributed by atoms with E-state index in [1.807, 2.05) is 36.0 Å². The van der Waals surface area contributed by atoms with Crippen LogP contribution in [0.5, 0.6) is 17.2 Å². The molecule has 1 aliphatic rings. The summed E-state index contributed by atoms with van der Waals surface area (Å²) in [5.41, 5.74) is 1.59. The fourth-order valence-electron chi connectivity index (χ4n) is 2.98. The van der Waals surface area contributed by atoms with E-state index in [0.717, 1.165) is 17.1 Å². The average Bonchev–Trinajstić information content (AvgIpc) is 3.34. The minimum Gasteiger partial charge on any atom is -0.486 e. The molecule has 0 radical (unpaired) electrons. The predicted octanol–water partition coefficient (Wildman–Crippen LogP) is 3.00. The molecule has 7 heteroatoms. The molecule has 1 aromatic heterocycles. The standard InChI is InChI=1S/C21H21N3O4/c1-23-10-9-22-20(23)13-26-17-6-4-16(5-7-17)21(25)24(2)12-15-3-8-18-19(11-15)28-14-27-18/h3-11H,12-14H2,1-2H3. The van der Waals surface area contributed by atoms with Gasteiger partial charge in [-0.3, -0.25) is 4.79 Å². The predicted molar refractivity (Wildman–Crippen MR) is 102 cm³/mol. The second-order valence-corrected chi connectivity index (χ2v) is 6.62. The Balaban J connectivity index is 1.36. The van der Waals surface area contributed by atoms with Gasteiger partial charge in [-0.2, -0.15) is 0 Å². The van der Waals surface area contributed by atoms with Gasteiger partial charge in [-0.15, -0.1) is 0 Å². The molecule has 2 heterocycles. The number of aryl methyl sites for hydroxylation is 1. The molecule has 0 fully saturated rings. The summed E-state index contributed by atoms with van der Waals surface area (Å²) in [6, 6.07) is 12.8. The summed E-state index contributed by atoms with van der Waals surface area (Å²) >= 11 is 0. The van der Waals surface area contributed by atoms with Crippen LogP contribution in [-0.4, -0.2) is 34.2 Å². The first-order valence-corrected chi connectivity index (χ1v) is 8.93. The lowest BCUT2D eigenvalue weighted by molar-refractivity contribution is 0.0785. The topological polar surface area (TPSA) is 65.8 Å². The molecule has 0 atom stereocenters. The van der Waals surface area contributed by atoms with Gasteiger partial charge in [0.2, 0.25) is 6.79 Å². The second-order valence-electron chi connectivity index (χ2n) is 6.62. The zero-order valence-corrected chi connectivity index (χ0v) is 15.8. The first-order valence-electron chi connectivity index (χ1n) is 8.93. The van der Waals surface area contributed by atoms with E-state index in [0.29, 0.717) is 30.2 Å². The van der Waals surface area contributed by atoms with Crippen LogP contribution in [-0.2, 0) is 20.2 Å². The van der Waals surface area contributed by atoms with Crippen LogP contribution in [0.4, 0.5) is 0 Å². The number of hydrogen-bond acceptors (Lipinski definition) is 5. The highest BCUT2D eigenvalue weighted by Gasteiger charge is 2.16. The number of ether oxygens (including phenoxy) is 3. The number of amides is 1. The normalized spacial score (nSPS) is 12.1. The van der Waals surface area contributed by atoms with E-state index < -0.39 is 0 Å². The van der Waals surface area contributed by atoms with Crippen LogP contribution in [0.25, 0.3) is 0 Å². The number of aromatic nitrogens is 2. The summed E-state index contributed by atoms with van der Waals surface area (Å²) in [5, 5.41) is 0. The van der Waals surface area contributed by atoms with Crippen LogP contribution in [0.2, 0.25) is 0 Å². The van der Waals surface area contributed by atoms with Gasteiger partial charge in [0.1, 0.15) is 18.2 Å². The Bertz CT molecular complexity index is 982. The molecule has 7 nitrogen and oxygen atoms in total. The van der Waals surface area contributed by atoms with E-state index in [9.17, 15) is 4.79 Å². The highest BCUT2D eigenvalue weighted by atomic mass is 16.7. The molecule has 0 saturated carbocycles. The maximum atomic E-state index is 12.7. The van der Waals surface area contributed by atoms with Crippen LogP contribution in [0.1, 0.15) is 21.7 Å². The van der Waals surface area contributed by atoms with Gasteiger partial charge >= 0.3 is 0 Å². The van der Waals surface area contributed by atoms with E-state index in [2.05, 4.69) is 4.98 Å². The van der Waals surface area contributed by atoms with Crippen LogP contribution < -0.4 is 14.2 Å². The molecule has 0 unspecified atom stereocenters. The van der Waals surface area contributed by atoms with Gasteiger partial charge < -0.3 is 23.7 Å². The van der Waals surface area contributed by atoms with Crippen LogP contribution in [0.15, 0.2) is 54.9 Å². The first-order chi connectivity index (χ1) is 13.6. The van der Waals surface area contributed by atoms with Gasteiger partial charge in [-0.1, -0.05) is 6.07 Å². The second kappa shape index (κ2) is 7.64. The molecule has 0 saturated heterocycles. The average molecular weight is 379 g/mol. The Labute approximate surface area is 163 Å². The molecule has 0 bridgehead atoms. The summed E-state index contributed by atoms with van der Waals surface area (Å²) in [5.74, 6) is 2.92. The van der Waals surface area contributed by atoms with E-state index in [1.54, 1.807) is 42.4 Å². The molecule has 2 aromatic carbocycles. The lowest BCUT2D eigenvalue weighted by Crippen LogP contribution is -2.26. The molecule has 0 N–H and O–H groups in total. The molecular weight excluding hydrogens is 358 g/mol. The first kappa shape index (κ1) is 17.9. The van der Waals surface area contributed by atoms with E-state index >= 15 is 0 Å².